The summed E-state index contributed by atoms with van der Waals surface area (Å²) in [6, 6.07) is 6.05. The number of ether oxygens (including phenoxy) is 1. The van der Waals surface area contributed by atoms with Crippen LogP contribution in [-0.2, 0) is 16.1 Å². The molecule has 1 aliphatic rings. The van der Waals surface area contributed by atoms with Crippen molar-refractivity contribution in [1.29, 1.82) is 0 Å². The van der Waals surface area contributed by atoms with Gasteiger partial charge in [0, 0.05) is 25.7 Å². The van der Waals surface area contributed by atoms with Crippen LogP contribution in [0.5, 0.6) is 0 Å². The van der Waals surface area contributed by atoms with Gasteiger partial charge in [-0.15, -0.1) is 10.2 Å². The summed E-state index contributed by atoms with van der Waals surface area (Å²) in [5.41, 5.74) is 0.0428. The summed E-state index contributed by atoms with van der Waals surface area (Å²) in [7, 11) is 0. The molecule has 1 aliphatic heterocycles. The van der Waals surface area contributed by atoms with Gasteiger partial charge in [0.15, 0.2) is 5.16 Å². The van der Waals surface area contributed by atoms with Gasteiger partial charge in [-0.25, -0.2) is 0 Å². The van der Waals surface area contributed by atoms with Crippen molar-refractivity contribution in [2.75, 3.05) is 42.3 Å². The number of carbonyl (C=O) groups excluding carboxylic acids is 1. The Balaban J connectivity index is 1.64. The van der Waals surface area contributed by atoms with Crippen LogP contribution in [0.25, 0.3) is 0 Å². The minimum absolute atomic E-state index is 0.0767. The van der Waals surface area contributed by atoms with Crippen molar-refractivity contribution in [3.05, 3.63) is 34.4 Å². The average molecular weight is 392 g/mol. The van der Waals surface area contributed by atoms with Gasteiger partial charge in [0.1, 0.15) is 5.69 Å². The minimum atomic E-state index is -0.523. The van der Waals surface area contributed by atoms with Gasteiger partial charge in [0.05, 0.1) is 23.9 Å². The molecule has 0 radical (unpaired) electrons. The smallest absolute Gasteiger partial charge is 0.292 e. The number of hydrogen-bond acceptors (Lipinski definition) is 8. The van der Waals surface area contributed by atoms with Gasteiger partial charge < -0.3 is 15.0 Å². The molecule has 1 amide bonds. The molecule has 144 valence electrons. The van der Waals surface area contributed by atoms with E-state index >= 15 is 0 Å². The maximum Gasteiger partial charge on any atom is 0.292 e. The number of nitrogens with zero attached hydrogens (tertiary/aromatic N) is 5. The monoisotopic (exact) mass is 392 g/mol. The molecule has 0 spiro atoms. The van der Waals surface area contributed by atoms with Gasteiger partial charge >= 0.3 is 0 Å². The second-order valence-electron chi connectivity index (χ2n) is 5.74. The molecule has 1 aromatic carbocycles. The first-order chi connectivity index (χ1) is 13.1. The SMILES string of the molecule is CCn1c(SCC(=O)Nc2ccccc2[N+](=O)[O-])nnc1N1CCOCC1. The number of rotatable bonds is 7. The molecule has 2 aromatic rings. The predicted octanol–water partition coefficient (Wildman–Crippen LogP) is 1.77. The molecule has 0 saturated carbocycles. The molecule has 0 aliphatic carbocycles. The average Bonchev–Trinajstić information content (AvgIpc) is 3.10. The number of para-hydroxylation sites is 2. The number of thioether (sulfide) groups is 1. The highest BCUT2D eigenvalue weighted by Gasteiger charge is 2.21. The number of carbonyl (C=O) groups is 1. The zero-order chi connectivity index (χ0) is 19.2. The van der Waals surface area contributed by atoms with Gasteiger partial charge in [-0.2, -0.15) is 0 Å². The minimum Gasteiger partial charge on any atom is -0.378 e. The summed E-state index contributed by atoms with van der Waals surface area (Å²) >= 11 is 1.25. The Morgan fingerprint density at radius 3 is 2.78 bits per heavy atom. The van der Waals surface area contributed by atoms with Crippen LogP contribution < -0.4 is 10.2 Å². The molecule has 11 heteroatoms. The predicted molar refractivity (Wildman–Crippen MR) is 101 cm³/mol. The third-order valence-corrected chi connectivity index (χ3v) is 4.98. The third kappa shape index (κ3) is 4.55. The summed E-state index contributed by atoms with van der Waals surface area (Å²) in [6.45, 7) is 5.47. The van der Waals surface area contributed by atoms with E-state index in [2.05, 4.69) is 20.4 Å². The fourth-order valence-electron chi connectivity index (χ4n) is 2.72. The Hall–Kier alpha value is -2.66. The van der Waals surface area contributed by atoms with Crippen molar-refractivity contribution in [1.82, 2.24) is 14.8 Å². The van der Waals surface area contributed by atoms with E-state index in [9.17, 15) is 14.9 Å². The lowest BCUT2D eigenvalue weighted by molar-refractivity contribution is -0.383. The highest BCUT2D eigenvalue weighted by Crippen LogP contribution is 2.25. The van der Waals surface area contributed by atoms with Crippen LogP contribution in [0, 0.1) is 10.1 Å². The number of nitro groups is 1. The van der Waals surface area contributed by atoms with Crippen molar-refractivity contribution >= 4 is 35.0 Å². The first kappa shape index (κ1) is 19.1. The largest absolute Gasteiger partial charge is 0.378 e. The van der Waals surface area contributed by atoms with E-state index < -0.39 is 4.92 Å². The molecule has 1 saturated heterocycles. The molecule has 0 unspecified atom stereocenters. The van der Waals surface area contributed by atoms with E-state index in [0.29, 0.717) is 24.9 Å². The maximum atomic E-state index is 12.2. The topological polar surface area (TPSA) is 115 Å². The molecular weight excluding hydrogens is 372 g/mol. The maximum absolute atomic E-state index is 12.2. The van der Waals surface area contributed by atoms with E-state index in [0.717, 1.165) is 19.0 Å². The lowest BCUT2D eigenvalue weighted by Crippen LogP contribution is -2.38. The lowest BCUT2D eigenvalue weighted by Gasteiger charge is -2.27. The van der Waals surface area contributed by atoms with E-state index in [1.165, 1.54) is 23.9 Å². The van der Waals surface area contributed by atoms with Crippen molar-refractivity contribution in [3.8, 4) is 0 Å². The van der Waals surface area contributed by atoms with Gasteiger partial charge in [-0.1, -0.05) is 23.9 Å². The number of morpholine rings is 1. The molecule has 10 nitrogen and oxygen atoms in total. The van der Waals surface area contributed by atoms with Crippen molar-refractivity contribution < 1.29 is 14.5 Å². The van der Waals surface area contributed by atoms with Crippen LogP contribution in [0.15, 0.2) is 29.4 Å². The van der Waals surface area contributed by atoms with E-state index in [1.807, 2.05) is 11.5 Å². The Labute approximate surface area is 160 Å². The standard InChI is InChI=1S/C16H20N6O4S/c1-2-21-15(20-7-9-26-10-8-20)18-19-16(21)27-11-14(23)17-12-5-3-4-6-13(12)22(24)25/h3-6H,2,7-11H2,1H3,(H,17,23). The molecule has 0 atom stereocenters. The first-order valence-electron chi connectivity index (χ1n) is 8.52. The van der Waals surface area contributed by atoms with Gasteiger partial charge in [-0.3, -0.25) is 19.5 Å². The van der Waals surface area contributed by atoms with Crippen LogP contribution in [0.1, 0.15) is 6.92 Å². The summed E-state index contributed by atoms with van der Waals surface area (Å²) in [4.78, 5) is 24.8. The summed E-state index contributed by atoms with van der Waals surface area (Å²) < 4.78 is 7.31. The molecular formula is C16H20N6O4S. The zero-order valence-corrected chi connectivity index (χ0v) is 15.6. The molecule has 3 rings (SSSR count). The number of nitro benzene ring substituents is 1. The second kappa shape index (κ2) is 8.82. The highest BCUT2D eigenvalue weighted by molar-refractivity contribution is 7.99. The molecule has 27 heavy (non-hydrogen) atoms. The van der Waals surface area contributed by atoms with Gasteiger partial charge in [-0.05, 0) is 13.0 Å². The summed E-state index contributed by atoms with van der Waals surface area (Å²) in [5.74, 6) is 0.503. The van der Waals surface area contributed by atoms with Crippen LogP contribution in [0.4, 0.5) is 17.3 Å². The van der Waals surface area contributed by atoms with E-state index in [4.69, 9.17) is 4.74 Å². The number of amides is 1. The van der Waals surface area contributed by atoms with Gasteiger partial charge in [0.25, 0.3) is 5.69 Å². The normalized spacial score (nSPS) is 14.2. The van der Waals surface area contributed by atoms with Crippen molar-refractivity contribution in [3.63, 3.8) is 0 Å². The molecule has 0 bridgehead atoms. The molecule has 1 N–H and O–H groups in total. The van der Waals surface area contributed by atoms with E-state index in [1.54, 1.807) is 12.1 Å². The zero-order valence-electron chi connectivity index (χ0n) is 14.8. The highest BCUT2D eigenvalue weighted by atomic mass is 32.2. The van der Waals surface area contributed by atoms with Crippen LogP contribution in [0.3, 0.4) is 0 Å². The van der Waals surface area contributed by atoms with E-state index in [-0.39, 0.29) is 23.0 Å². The lowest BCUT2D eigenvalue weighted by atomic mass is 10.2. The number of hydrogen-bond donors (Lipinski definition) is 1. The quantitative estimate of drug-likeness (QED) is 0.431. The van der Waals surface area contributed by atoms with Crippen molar-refractivity contribution in [2.24, 2.45) is 0 Å². The fraction of sp³-hybridized carbons (Fsp3) is 0.438. The Kier molecular flexibility index (Phi) is 6.24. The number of nitrogens with one attached hydrogen (secondary N) is 1. The summed E-state index contributed by atoms with van der Waals surface area (Å²) in [6.07, 6.45) is 0. The Morgan fingerprint density at radius 1 is 1.33 bits per heavy atom. The Morgan fingerprint density at radius 2 is 2.07 bits per heavy atom. The van der Waals surface area contributed by atoms with Crippen molar-refractivity contribution in [2.45, 2.75) is 18.6 Å². The van der Waals surface area contributed by atoms with Crippen LogP contribution in [0.2, 0.25) is 0 Å². The van der Waals surface area contributed by atoms with Crippen LogP contribution in [-0.4, -0.2) is 57.7 Å². The number of anilines is 2. The summed E-state index contributed by atoms with van der Waals surface area (Å²) in [5, 5.41) is 22.7. The van der Waals surface area contributed by atoms with Crippen LogP contribution >= 0.6 is 11.8 Å². The number of benzene rings is 1. The number of aromatic nitrogens is 3. The molecule has 2 heterocycles. The third-order valence-electron chi connectivity index (χ3n) is 4.01. The second-order valence-corrected chi connectivity index (χ2v) is 6.68. The molecule has 1 fully saturated rings. The molecule has 1 aromatic heterocycles. The Bertz CT molecular complexity index is 821. The van der Waals surface area contributed by atoms with Gasteiger partial charge in [0.2, 0.25) is 11.9 Å². The fourth-order valence-corrected chi connectivity index (χ4v) is 3.51. The first-order valence-corrected chi connectivity index (χ1v) is 9.50.